The lowest BCUT2D eigenvalue weighted by Gasteiger charge is -2.00. The van der Waals surface area contributed by atoms with Gasteiger partial charge in [0, 0.05) is 4.47 Å². The van der Waals surface area contributed by atoms with E-state index in [0.29, 0.717) is 8.04 Å². The number of nitro groups is 1. The van der Waals surface area contributed by atoms with Gasteiger partial charge in [0.1, 0.15) is 9.26 Å². The minimum Gasteiger partial charge on any atom is -0.393 e. The Hall–Kier alpha value is -0.370. The Labute approximate surface area is 90.6 Å². The van der Waals surface area contributed by atoms with Gasteiger partial charge in [-0.2, -0.15) is 0 Å². The van der Waals surface area contributed by atoms with Crippen LogP contribution >= 0.6 is 38.5 Å². The van der Waals surface area contributed by atoms with Crippen molar-refractivity contribution in [1.29, 1.82) is 0 Å². The maximum absolute atomic E-state index is 10.5. The van der Waals surface area contributed by atoms with Crippen LogP contribution in [0.25, 0.3) is 0 Å². The van der Waals surface area contributed by atoms with Crippen molar-refractivity contribution >= 4 is 49.9 Å². The first kappa shape index (κ1) is 9.72. The molecule has 0 atom stereocenters. The topological polar surface area (TPSA) is 69.2 Å². The van der Waals surface area contributed by atoms with E-state index in [1.54, 1.807) is 6.07 Å². The van der Waals surface area contributed by atoms with Crippen molar-refractivity contribution in [2.24, 2.45) is 0 Å². The minimum atomic E-state index is -0.484. The predicted octanol–water partition coefficient (Wildman–Crippen LogP) is 2.54. The fourth-order valence-electron chi connectivity index (χ4n) is 0.740. The van der Waals surface area contributed by atoms with E-state index < -0.39 is 4.92 Å². The molecule has 0 amide bonds. The molecule has 1 rings (SSSR count). The van der Waals surface area contributed by atoms with Gasteiger partial charge < -0.3 is 5.73 Å². The third-order valence-electron chi connectivity index (χ3n) is 1.28. The highest BCUT2D eigenvalue weighted by molar-refractivity contribution is 14.1. The third kappa shape index (κ3) is 1.69. The number of benzene rings is 1. The Kier molecular flexibility index (Phi) is 2.89. The van der Waals surface area contributed by atoms with E-state index in [4.69, 9.17) is 5.73 Å². The zero-order chi connectivity index (χ0) is 9.30. The Balaban J connectivity index is 3.43. The van der Waals surface area contributed by atoms with Crippen LogP contribution in [0.15, 0.2) is 16.6 Å². The van der Waals surface area contributed by atoms with E-state index in [0.717, 1.165) is 0 Å². The van der Waals surface area contributed by atoms with E-state index in [-0.39, 0.29) is 11.4 Å². The fourth-order valence-corrected chi connectivity index (χ4v) is 1.75. The Morgan fingerprint density at radius 1 is 1.58 bits per heavy atom. The number of hydrogen-bond acceptors (Lipinski definition) is 3. The highest BCUT2D eigenvalue weighted by Gasteiger charge is 2.18. The molecule has 0 saturated carbocycles. The van der Waals surface area contributed by atoms with Crippen LogP contribution in [0.1, 0.15) is 0 Å². The molecular formula is C6H4BrIN2O2. The molecule has 0 saturated heterocycles. The predicted molar refractivity (Wildman–Crippen MR) is 57.9 cm³/mol. The number of halogens is 2. The molecule has 0 fully saturated rings. The van der Waals surface area contributed by atoms with Crippen LogP contribution in [0, 0.1) is 13.7 Å². The monoisotopic (exact) mass is 342 g/mol. The summed E-state index contributed by atoms with van der Waals surface area (Å²) in [4.78, 5) is 10.0. The van der Waals surface area contributed by atoms with Crippen LogP contribution in [0.4, 0.5) is 11.4 Å². The average molecular weight is 343 g/mol. The van der Waals surface area contributed by atoms with Gasteiger partial charge in [-0.15, -0.1) is 0 Å². The lowest BCUT2D eigenvalue weighted by Crippen LogP contribution is -1.98. The van der Waals surface area contributed by atoms with Gasteiger partial charge >= 0.3 is 5.69 Å². The highest BCUT2D eigenvalue weighted by Crippen LogP contribution is 2.32. The molecule has 0 aliphatic carbocycles. The van der Waals surface area contributed by atoms with E-state index in [2.05, 4.69) is 15.9 Å². The molecule has 0 aliphatic heterocycles. The summed E-state index contributed by atoms with van der Waals surface area (Å²) >= 11 is 5.06. The second kappa shape index (κ2) is 3.56. The van der Waals surface area contributed by atoms with Gasteiger partial charge in [-0.05, 0) is 50.7 Å². The largest absolute Gasteiger partial charge is 0.393 e. The van der Waals surface area contributed by atoms with Gasteiger partial charge in [-0.3, -0.25) is 10.1 Å². The van der Waals surface area contributed by atoms with Crippen LogP contribution in [0.3, 0.4) is 0 Å². The quantitative estimate of drug-likeness (QED) is 0.369. The van der Waals surface area contributed by atoms with Crippen LogP contribution in [0.5, 0.6) is 0 Å². The molecule has 12 heavy (non-hydrogen) atoms. The summed E-state index contributed by atoms with van der Waals surface area (Å²) < 4.78 is 1.21. The summed E-state index contributed by atoms with van der Waals surface area (Å²) in [5.41, 5.74) is 5.57. The Morgan fingerprint density at radius 2 is 2.17 bits per heavy atom. The average Bonchev–Trinajstić information content (AvgIpc) is 1.97. The summed E-state index contributed by atoms with van der Waals surface area (Å²) in [7, 11) is 0. The second-order valence-electron chi connectivity index (χ2n) is 2.06. The van der Waals surface area contributed by atoms with Crippen LogP contribution in [-0.2, 0) is 0 Å². The zero-order valence-electron chi connectivity index (χ0n) is 5.75. The van der Waals surface area contributed by atoms with Gasteiger partial charge in [0.15, 0.2) is 0 Å². The molecule has 0 heterocycles. The molecule has 64 valence electrons. The van der Waals surface area contributed by atoms with Gasteiger partial charge in [0.25, 0.3) is 0 Å². The summed E-state index contributed by atoms with van der Waals surface area (Å²) in [5, 5.41) is 10.5. The number of rotatable bonds is 1. The standard InChI is InChI=1S/C6H4BrIN2O2/c7-3-1-2-4(9)6(5(3)8)10(11)12/h1-2H,9H2. The molecule has 0 radical (unpaired) electrons. The number of hydrogen-bond donors (Lipinski definition) is 1. The first-order chi connectivity index (χ1) is 5.54. The first-order valence-electron chi connectivity index (χ1n) is 2.92. The highest BCUT2D eigenvalue weighted by atomic mass is 127. The molecule has 1 aromatic carbocycles. The smallest absolute Gasteiger partial charge is 0.306 e. The van der Waals surface area contributed by atoms with Gasteiger partial charge in [-0.1, -0.05) is 0 Å². The molecule has 0 spiro atoms. The number of anilines is 1. The maximum Gasteiger partial charge on any atom is 0.306 e. The van der Waals surface area contributed by atoms with E-state index >= 15 is 0 Å². The van der Waals surface area contributed by atoms with Crippen molar-refractivity contribution in [1.82, 2.24) is 0 Å². The van der Waals surface area contributed by atoms with Crippen molar-refractivity contribution in [3.05, 3.63) is 30.3 Å². The van der Waals surface area contributed by atoms with E-state index in [9.17, 15) is 10.1 Å². The Bertz CT molecular complexity index is 343. The SMILES string of the molecule is Nc1ccc(Br)c(I)c1[N+](=O)[O-]. The van der Waals surface area contributed by atoms with Crippen molar-refractivity contribution in [2.45, 2.75) is 0 Å². The zero-order valence-corrected chi connectivity index (χ0v) is 9.50. The summed E-state index contributed by atoms with van der Waals surface area (Å²) in [6, 6.07) is 3.19. The normalized spacial score (nSPS) is 9.83. The van der Waals surface area contributed by atoms with Gasteiger partial charge in [-0.25, -0.2) is 0 Å². The Morgan fingerprint density at radius 3 is 2.58 bits per heavy atom. The molecule has 0 aliphatic rings. The van der Waals surface area contributed by atoms with Crippen LogP contribution in [-0.4, -0.2) is 4.92 Å². The second-order valence-corrected chi connectivity index (χ2v) is 3.99. The van der Waals surface area contributed by atoms with Crippen molar-refractivity contribution in [3.63, 3.8) is 0 Å². The van der Waals surface area contributed by atoms with Crippen molar-refractivity contribution in [2.75, 3.05) is 5.73 Å². The number of nitrogen functional groups attached to an aromatic ring is 1. The number of nitrogens with two attached hydrogens (primary N) is 1. The molecule has 2 N–H and O–H groups in total. The van der Waals surface area contributed by atoms with Crippen molar-refractivity contribution < 1.29 is 4.92 Å². The van der Waals surface area contributed by atoms with Gasteiger partial charge in [0.2, 0.25) is 0 Å². The first-order valence-corrected chi connectivity index (χ1v) is 4.79. The van der Waals surface area contributed by atoms with E-state index in [1.807, 2.05) is 22.6 Å². The minimum absolute atomic E-state index is 0.0371. The molecule has 0 unspecified atom stereocenters. The lowest BCUT2D eigenvalue weighted by atomic mass is 10.3. The molecule has 0 aromatic heterocycles. The van der Waals surface area contributed by atoms with E-state index in [1.165, 1.54) is 6.07 Å². The summed E-state index contributed by atoms with van der Waals surface area (Å²) in [5.74, 6) is 0. The molecule has 0 bridgehead atoms. The molecule has 6 heteroatoms. The third-order valence-corrected chi connectivity index (χ3v) is 3.78. The summed E-state index contributed by atoms with van der Waals surface area (Å²) in [6.07, 6.45) is 0. The molecule has 1 aromatic rings. The lowest BCUT2D eigenvalue weighted by molar-refractivity contribution is -0.384. The van der Waals surface area contributed by atoms with Crippen LogP contribution < -0.4 is 5.73 Å². The van der Waals surface area contributed by atoms with Gasteiger partial charge in [0.05, 0.1) is 4.92 Å². The molecule has 4 nitrogen and oxygen atoms in total. The summed E-state index contributed by atoms with van der Waals surface area (Å²) in [6.45, 7) is 0. The maximum atomic E-state index is 10.5. The number of nitrogens with zero attached hydrogens (tertiary/aromatic N) is 1. The fraction of sp³-hybridized carbons (Fsp3) is 0. The van der Waals surface area contributed by atoms with Crippen molar-refractivity contribution in [3.8, 4) is 0 Å². The number of nitro benzene ring substituents is 1. The molecular weight excluding hydrogens is 339 g/mol. The van der Waals surface area contributed by atoms with Crippen LogP contribution in [0.2, 0.25) is 0 Å².